The molecule has 0 aliphatic rings. The number of hydrogen-bond donors (Lipinski definition) is 1. The van der Waals surface area contributed by atoms with E-state index in [1.807, 2.05) is 48.5 Å². The third-order valence-electron chi connectivity index (χ3n) is 4.33. The number of ether oxygens (including phenoxy) is 3. The van der Waals surface area contributed by atoms with Gasteiger partial charge in [0.1, 0.15) is 36.8 Å². The van der Waals surface area contributed by atoms with Crippen molar-refractivity contribution in [2.75, 3.05) is 19.8 Å². The number of aromatic nitrogens is 3. The van der Waals surface area contributed by atoms with Crippen LogP contribution in [0.4, 0.5) is 5.95 Å². The van der Waals surface area contributed by atoms with Gasteiger partial charge in [0.2, 0.25) is 5.95 Å². The molecule has 0 aliphatic heterocycles. The number of nitrogens with one attached hydrogen (secondary N) is 1. The van der Waals surface area contributed by atoms with Crippen LogP contribution in [0.1, 0.15) is 38.2 Å². The molecule has 7 heteroatoms. The van der Waals surface area contributed by atoms with Crippen molar-refractivity contribution in [2.45, 2.75) is 32.6 Å². The van der Waals surface area contributed by atoms with Crippen LogP contribution in [0.2, 0.25) is 0 Å². The van der Waals surface area contributed by atoms with E-state index in [1.165, 1.54) is 25.6 Å². The van der Waals surface area contributed by atoms with Gasteiger partial charge in [0, 0.05) is 6.21 Å². The summed E-state index contributed by atoms with van der Waals surface area (Å²) in [6.45, 7) is 3.89. The smallest absolute Gasteiger partial charge is 0.245 e. The maximum atomic E-state index is 5.74. The molecule has 1 heterocycles. The monoisotopic (exact) mass is 408 g/mol. The van der Waals surface area contributed by atoms with Gasteiger partial charge in [-0.15, -0.1) is 0 Å². The van der Waals surface area contributed by atoms with E-state index in [2.05, 4.69) is 27.1 Å². The molecule has 0 spiro atoms. The van der Waals surface area contributed by atoms with Gasteiger partial charge in [-0.25, -0.2) is 10.1 Å². The third-order valence-corrected chi connectivity index (χ3v) is 4.33. The van der Waals surface area contributed by atoms with Crippen molar-refractivity contribution in [2.24, 2.45) is 4.99 Å². The predicted molar refractivity (Wildman–Crippen MR) is 117 cm³/mol. The van der Waals surface area contributed by atoms with Gasteiger partial charge in [-0.2, -0.15) is 10.1 Å². The van der Waals surface area contributed by atoms with E-state index >= 15 is 0 Å². The van der Waals surface area contributed by atoms with Crippen LogP contribution in [-0.2, 0) is 0 Å². The Morgan fingerprint density at radius 2 is 1.40 bits per heavy atom. The van der Waals surface area contributed by atoms with E-state index in [1.54, 1.807) is 6.21 Å². The lowest BCUT2D eigenvalue weighted by molar-refractivity contribution is 0.217. The highest BCUT2D eigenvalue weighted by molar-refractivity contribution is 5.81. The first-order chi connectivity index (χ1) is 14.8. The number of hydrogen-bond acceptors (Lipinski definition) is 6. The number of unbranched alkanes of at least 4 members (excludes halogenated alkanes) is 3. The lowest BCUT2D eigenvalue weighted by Crippen LogP contribution is -2.09. The quantitative estimate of drug-likeness (QED) is 0.319. The van der Waals surface area contributed by atoms with E-state index in [0.717, 1.165) is 35.8 Å². The fourth-order valence-electron chi connectivity index (χ4n) is 2.72. The second-order valence-corrected chi connectivity index (χ2v) is 6.71. The van der Waals surface area contributed by atoms with Crippen LogP contribution < -0.4 is 14.2 Å². The van der Waals surface area contributed by atoms with E-state index in [0.29, 0.717) is 19.2 Å². The molecular weight excluding hydrogens is 380 g/mol. The zero-order valence-corrected chi connectivity index (χ0v) is 17.3. The van der Waals surface area contributed by atoms with Gasteiger partial charge < -0.3 is 14.2 Å². The molecule has 3 rings (SSSR count). The van der Waals surface area contributed by atoms with Gasteiger partial charge >= 0.3 is 0 Å². The third kappa shape index (κ3) is 7.58. The molecule has 0 unspecified atom stereocenters. The zero-order valence-electron chi connectivity index (χ0n) is 17.3. The molecule has 0 fully saturated rings. The maximum Gasteiger partial charge on any atom is 0.245 e. The molecule has 0 saturated carbocycles. The van der Waals surface area contributed by atoms with Crippen LogP contribution >= 0.6 is 0 Å². The topological polar surface area (TPSA) is 81.6 Å². The summed E-state index contributed by atoms with van der Waals surface area (Å²) in [5.41, 5.74) is 0.947. The van der Waals surface area contributed by atoms with Crippen molar-refractivity contribution in [3.05, 3.63) is 60.4 Å². The Kier molecular flexibility index (Phi) is 8.73. The number of H-pyrrole nitrogens is 1. The molecule has 0 saturated heterocycles. The van der Waals surface area contributed by atoms with Crippen LogP contribution in [0, 0.1) is 0 Å². The summed E-state index contributed by atoms with van der Waals surface area (Å²) in [6, 6.07) is 15.4. The largest absolute Gasteiger partial charge is 0.494 e. The van der Waals surface area contributed by atoms with Crippen LogP contribution in [0.5, 0.6) is 17.2 Å². The Morgan fingerprint density at radius 1 is 0.800 bits per heavy atom. The van der Waals surface area contributed by atoms with E-state index in [4.69, 9.17) is 14.2 Å². The number of nitrogens with zero attached hydrogens (tertiary/aromatic N) is 3. The molecule has 0 atom stereocenters. The second-order valence-electron chi connectivity index (χ2n) is 6.71. The average Bonchev–Trinajstić information content (AvgIpc) is 3.31. The van der Waals surface area contributed by atoms with E-state index in [9.17, 15) is 0 Å². The molecule has 0 amide bonds. The van der Waals surface area contributed by atoms with Crippen molar-refractivity contribution in [3.63, 3.8) is 0 Å². The molecule has 7 nitrogen and oxygen atoms in total. The molecule has 0 bridgehead atoms. The second kappa shape index (κ2) is 12.3. The van der Waals surface area contributed by atoms with Crippen LogP contribution in [0.3, 0.4) is 0 Å². The van der Waals surface area contributed by atoms with Crippen LogP contribution in [-0.4, -0.2) is 41.2 Å². The number of aliphatic imine (C=N–C) groups is 1. The molecule has 2 aromatic carbocycles. The highest BCUT2D eigenvalue weighted by atomic mass is 16.5. The lowest BCUT2D eigenvalue weighted by Gasteiger charge is -2.10. The van der Waals surface area contributed by atoms with Crippen molar-refractivity contribution >= 4 is 12.2 Å². The minimum atomic E-state index is 0.460. The Morgan fingerprint density at radius 3 is 1.97 bits per heavy atom. The van der Waals surface area contributed by atoms with Gasteiger partial charge in [-0.1, -0.05) is 26.2 Å². The SMILES string of the molecule is CCCCCCOc1ccc(OCCOc2ccc(/C=N/c3ncn[nH]3)cc2)cc1. The molecule has 158 valence electrons. The van der Waals surface area contributed by atoms with Crippen molar-refractivity contribution in [1.82, 2.24) is 15.2 Å². The number of rotatable bonds is 13. The van der Waals surface area contributed by atoms with Crippen molar-refractivity contribution in [3.8, 4) is 17.2 Å². The minimum absolute atomic E-state index is 0.460. The van der Waals surface area contributed by atoms with Crippen LogP contribution in [0.15, 0.2) is 59.9 Å². The standard InChI is InChI=1S/C23H28N4O3/c1-2-3-4-5-14-28-21-10-12-22(13-11-21)30-16-15-29-20-8-6-19(7-9-20)17-24-23-25-18-26-27-23/h6-13,17-18H,2-5,14-16H2,1H3,(H,25,26,27)/b24-17+. The van der Waals surface area contributed by atoms with E-state index in [-0.39, 0.29) is 0 Å². The summed E-state index contributed by atoms with van der Waals surface area (Å²) in [6.07, 6.45) is 7.95. The van der Waals surface area contributed by atoms with Crippen molar-refractivity contribution in [1.29, 1.82) is 0 Å². The molecule has 30 heavy (non-hydrogen) atoms. The van der Waals surface area contributed by atoms with Crippen molar-refractivity contribution < 1.29 is 14.2 Å². The van der Waals surface area contributed by atoms with Crippen LogP contribution in [0.25, 0.3) is 0 Å². The highest BCUT2D eigenvalue weighted by Crippen LogP contribution is 2.18. The molecule has 1 N–H and O–H groups in total. The Balaban J connectivity index is 1.32. The predicted octanol–water partition coefficient (Wildman–Crippen LogP) is 4.97. The summed E-state index contributed by atoms with van der Waals surface area (Å²) in [7, 11) is 0. The first-order valence-electron chi connectivity index (χ1n) is 10.3. The summed E-state index contributed by atoms with van der Waals surface area (Å²) < 4.78 is 17.2. The first-order valence-corrected chi connectivity index (χ1v) is 10.3. The Labute approximate surface area is 177 Å². The summed E-state index contributed by atoms with van der Waals surface area (Å²) in [5, 5.41) is 6.43. The summed E-state index contributed by atoms with van der Waals surface area (Å²) >= 11 is 0. The first kappa shape index (κ1) is 21.4. The van der Waals surface area contributed by atoms with Gasteiger partial charge in [0.25, 0.3) is 0 Å². The highest BCUT2D eigenvalue weighted by Gasteiger charge is 1.99. The number of benzene rings is 2. The molecule has 0 radical (unpaired) electrons. The summed E-state index contributed by atoms with van der Waals surface area (Å²) in [5.74, 6) is 2.93. The van der Waals surface area contributed by atoms with Gasteiger partial charge in [0.05, 0.1) is 6.61 Å². The normalized spacial score (nSPS) is 11.0. The van der Waals surface area contributed by atoms with Gasteiger partial charge in [0.15, 0.2) is 0 Å². The fourth-order valence-corrected chi connectivity index (χ4v) is 2.72. The lowest BCUT2D eigenvalue weighted by atomic mass is 10.2. The Hall–Kier alpha value is -3.35. The average molecular weight is 409 g/mol. The number of aromatic amines is 1. The van der Waals surface area contributed by atoms with Gasteiger partial charge in [-0.3, -0.25) is 0 Å². The fraction of sp³-hybridized carbons (Fsp3) is 0.348. The molecule has 1 aromatic heterocycles. The Bertz CT molecular complexity index is 862. The summed E-state index contributed by atoms with van der Waals surface area (Å²) in [4.78, 5) is 8.13. The molecule has 3 aromatic rings. The van der Waals surface area contributed by atoms with Gasteiger partial charge in [-0.05, 0) is 60.5 Å². The minimum Gasteiger partial charge on any atom is -0.494 e. The zero-order chi connectivity index (χ0) is 20.9. The maximum absolute atomic E-state index is 5.74. The molecular formula is C23H28N4O3. The van der Waals surface area contributed by atoms with E-state index < -0.39 is 0 Å². The molecule has 0 aliphatic carbocycles.